The Balaban J connectivity index is 2.06. The van der Waals surface area contributed by atoms with Gasteiger partial charge in [-0.25, -0.2) is 4.98 Å². The molecule has 0 saturated heterocycles. The van der Waals surface area contributed by atoms with Crippen LogP contribution in [0.5, 0.6) is 0 Å². The maximum atomic E-state index is 8.46. The van der Waals surface area contributed by atoms with E-state index in [1.807, 2.05) is 31.2 Å². The lowest BCUT2D eigenvalue weighted by molar-refractivity contribution is 0.322. The Morgan fingerprint density at radius 3 is 2.78 bits per heavy atom. The Bertz CT molecular complexity index is 538. The van der Waals surface area contributed by atoms with E-state index in [4.69, 9.17) is 5.21 Å². The summed E-state index contributed by atoms with van der Waals surface area (Å²) >= 11 is 0. The Morgan fingerprint density at radius 2 is 2.11 bits per heavy atom. The number of aryl methyl sites for hydroxylation is 1. The lowest BCUT2D eigenvalue weighted by atomic mass is 10.2. The molecule has 0 atom stereocenters. The highest BCUT2D eigenvalue weighted by Crippen LogP contribution is 2.13. The smallest absolute Gasteiger partial charge is 0.129 e. The minimum Gasteiger partial charge on any atom is -0.411 e. The van der Waals surface area contributed by atoms with Crippen molar-refractivity contribution in [3.05, 3.63) is 59.3 Å². The molecule has 92 valence electrons. The summed E-state index contributed by atoms with van der Waals surface area (Å²) in [5.74, 6) is 0.842. The van der Waals surface area contributed by atoms with Crippen molar-refractivity contribution in [1.29, 1.82) is 0 Å². The van der Waals surface area contributed by atoms with E-state index in [0.717, 1.165) is 23.5 Å². The van der Waals surface area contributed by atoms with Gasteiger partial charge in [0.25, 0.3) is 0 Å². The number of nitrogens with one attached hydrogen (secondary N) is 1. The number of oxime groups is 1. The summed E-state index contributed by atoms with van der Waals surface area (Å²) in [4.78, 5) is 4.30. The average molecular weight is 241 g/mol. The second-order valence-corrected chi connectivity index (χ2v) is 4.02. The lowest BCUT2D eigenvalue weighted by Crippen LogP contribution is -2.03. The van der Waals surface area contributed by atoms with E-state index in [1.54, 1.807) is 6.20 Å². The van der Waals surface area contributed by atoms with E-state index >= 15 is 0 Å². The maximum Gasteiger partial charge on any atom is 0.129 e. The maximum absolute atomic E-state index is 8.46. The van der Waals surface area contributed by atoms with Gasteiger partial charge in [-0.3, -0.25) is 0 Å². The molecule has 0 aliphatic rings. The predicted octanol–water partition coefficient (Wildman–Crippen LogP) is 2.81. The van der Waals surface area contributed by atoms with Gasteiger partial charge >= 0.3 is 0 Å². The fraction of sp³-hybridized carbons (Fsp3) is 0.143. The Hall–Kier alpha value is -2.36. The van der Waals surface area contributed by atoms with Crippen LogP contribution in [0.2, 0.25) is 0 Å². The highest BCUT2D eigenvalue weighted by Gasteiger charge is 2.00. The normalized spacial score (nSPS) is 10.7. The van der Waals surface area contributed by atoms with Crippen LogP contribution in [0.4, 0.5) is 5.82 Å². The Morgan fingerprint density at radius 1 is 1.33 bits per heavy atom. The van der Waals surface area contributed by atoms with Crippen molar-refractivity contribution in [3.63, 3.8) is 0 Å². The predicted molar refractivity (Wildman–Crippen MR) is 72.1 cm³/mol. The number of benzene rings is 1. The van der Waals surface area contributed by atoms with Gasteiger partial charge in [0.05, 0.1) is 6.21 Å². The lowest BCUT2D eigenvalue weighted by Gasteiger charge is -2.08. The van der Waals surface area contributed by atoms with E-state index in [1.165, 1.54) is 11.8 Å². The molecule has 1 heterocycles. The van der Waals surface area contributed by atoms with Crippen LogP contribution in [-0.2, 0) is 6.54 Å². The van der Waals surface area contributed by atoms with Crippen molar-refractivity contribution >= 4 is 12.0 Å². The molecule has 0 amide bonds. The van der Waals surface area contributed by atoms with E-state index in [9.17, 15) is 0 Å². The molecular weight excluding hydrogens is 226 g/mol. The summed E-state index contributed by atoms with van der Waals surface area (Å²) in [5, 5.41) is 14.7. The first-order valence-corrected chi connectivity index (χ1v) is 5.71. The average Bonchev–Trinajstić information content (AvgIpc) is 2.39. The second-order valence-electron chi connectivity index (χ2n) is 4.02. The number of hydrogen-bond acceptors (Lipinski definition) is 4. The van der Waals surface area contributed by atoms with Gasteiger partial charge < -0.3 is 10.5 Å². The summed E-state index contributed by atoms with van der Waals surface area (Å²) in [6.45, 7) is 2.71. The van der Waals surface area contributed by atoms with Crippen LogP contribution in [0.3, 0.4) is 0 Å². The summed E-state index contributed by atoms with van der Waals surface area (Å²) in [6.07, 6.45) is 3.03. The minimum atomic E-state index is 0.738. The summed E-state index contributed by atoms with van der Waals surface area (Å²) in [5.41, 5.74) is 3.00. The van der Waals surface area contributed by atoms with E-state index < -0.39 is 0 Å². The highest BCUT2D eigenvalue weighted by molar-refractivity contribution is 5.79. The summed E-state index contributed by atoms with van der Waals surface area (Å²) in [6, 6.07) is 12.1. The quantitative estimate of drug-likeness (QED) is 0.491. The van der Waals surface area contributed by atoms with Gasteiger partial charge in [0.15, 0.2) is 0 Å². The number of hydrogen-bond donors (Lipinski definition) is 2. The zero-order valence-electron chi connectivity index (χ0n) is 10.2. The van der Waals surface area contributed by atoms with Crippen molar-refractivity contribution < 1.29 is 5.21 Å². The van der Waals surface area contributed by atoms with Gasteiger partial charge in [0, 0.05) is 18.3 Å². The minimum absolute atomic E-state index is 0.738. The molecule has 18 heavy (non-hydrogen) atoms. The van der Waals surface area contributed by atoms with E-state index in [0.29, 0.717) is 0 Å². The highest BCUT2D eigenvalue weighted by atomic mass is 16.4. The van der Waals surface area contributed by atoms with Gasteiger partial charge in [-0.15, -0.1) is 0 Å². The molecule has 4 nitrogen and oxygen atoms in total. The van der Waals surface area contributed by atoms with Crippen LogP contribution < -0.4 is 5.32 Å². The Labute approximate surface area is 106 Å². The molecule has 1 aromatic heterocycles. The molecule has 0 unspecified atom stereocenters. The third-order valence-electron chi connectivity index (χ3n) is 2.61. The number of pyridine rings is 1. The zero-order chi connectivity index (χ0) is 12.8. The molecular formula is C14H15N3O. The third kappa shape index (κ3) is 3.07. The first-order chi connectivity index (χ1) is 8.79. The summed E-state index contributed by atoms with van der Waals surface area (Å²) < 4.78 is 0. The van der Waals surface area contributed by atoms with Crippen LogP contribution in [0.15, 0.2) is 47.8 Å². The number of nitrogens with zero attached hydrogens (tertiary/aromatic N) is 2. The summed E-state index contributed by atoms with van der Waals surface area (Å²) in [7, 11) is 0. The van der Waals surface area contributed by atoms with Crippen LogP contribution in [0.25, 0.3) is 0 Å². The van der Waals surface area contributed by atoms with Gasteiger partial charge in [-0.1, -0.05) is 35.5 Å². The molecule has 0 radical (unpaired) electrons. The van der Waals surface area contributed by atoms with Crippen molar-refractivity contribution in [2.75, 3.05) is 5.32 Å². The largest absolute Gasteiger partial charge is 0.411 e. The first-order valence-electron chi connectivity index (χ1n) is 5.71. The second kappa shape index (κ2) is 5.82. The van der Waals surface area contributed by atoms with Crippen LogP contribution in [-0.4, -0.2) is 16.4 Å². The molecule has 0 aliphatic heterocycles. The number of rotatable bonds is 4. The van der Waals surface area contributed by atoms with Gasteiger partial charge in [-0.05, 0) is 24.1 Å². The Kier molecular flexibility index (Phi) is 3.91. The van der Waals surface area contributed by atoms with Gasteiger partial charge in [-0.2, -0.15) is 0 Å². The third-order valence-corrected chi connectivity index (χ3v) is 2.61. The number of aromatic nitrogens is 1. The molecule has 2 aromatic rings. The molecule has 4 heteroatoms. The standard InChI is InChI=1S/C14H15N3O/c1-11-7-13(10-17-18)9-16-14(11)15-8-12-5-3-2-4-6-12/h2-7,9-10,18H,8H2,1H3,(H,15,16)/b17-10+. The van der Waals surface area contributed by atoms with Gasteiger partial charge in [0.1, 0.15) is 5.82 Å². The van der Waals surface area contributed by atoms with E-state index in [-0.39, 0.29) is 0 Å². The molecule has 1 aromatic carbocycles. The molecule has 0 fully saturated rings. The molecule has 0 spiro atoms. The molecule has 2 N–H and O–H groups in total. The van der Waals surface area contributed by atoms with Crippen molar-refractivity contribution in [3.8, 4) is 0 Å². The van der Waals surface area contributed by atoms with Crippen LogP contribution in [0.1, 0.15) is 16.7 Å². The SMILES string of the molecule is Cc1cc(/C=N/O)cnc1NCc1ccccc1. The fourth-order valence-corrected chi connectivity index (χ4v) is 1.70. The molecule has 0 aliphatic carbocycles. The molecule has 2 rings (SSSR count). The van der Waals surface area contributed by atoms with Crippen molar-refractivity contribution in [2.24, 2.45) is 5.16 Å². The van der Waals surface area contributed by atoms with Crippen LogP contribution in [0, 0.1) is 6.92 Å². The number of anilines is 1. The van der Waals surface area contributed by atoms with Crippen molar-refractivity contribution in [2.45, 2.75) is 13.5 Å². The topological polar surface area (TPSA) is 57.5 Å². The van der Waals surface area contributed by atoms with Crippen molar-refractivity contribution in [1.82, 2.24) is 4.98 Å². The molecule has 0 saturated carbocycles. The first kappa shape index (κ1) is 12.1. The molecule has 0 bridgehead atoms. The fourth-order valence-electron chi connectivity index (χ4n) is 1.70. The monoisotopic (exact) mass is 241 g/mol. The van der Waals surface area contributed by atoms with Crippen LogP contribution >= 0.6 is 0 Å². The zero-order valence-corrected chi connectivity index (χ0v) is 10.2. The van der Waals surface area contributed by atoms with Gasteiger partial charge in [0.2, 0.25) is 0 Å². The van der Waals surface area contributed by atoms with E-state index in [2.05, 4.69) is 27.6 Å².